The van der Waals surface area contributed by atoms with Gasteiger partial charge in [-0.25, -0.2) is 8.42 Å². The quantitative estimate of drug-likeness (QED) is 0.796. The summed E-state index contributed by atoms with van der Waals surface area (Å²) in [6.07, 6.45) is -3.87. The molecule has 2 atom stereocenters. The van der Waals surface area contributed by atoms with E-state index in [1.807, 2.05) is 19.2 Å². The lowest BCUT2D eigenvalue weighted by Gasteiger charge is -2.34. The molecule has 2 unspecified atom stereocenters. The monoisotopic (exact) mass is 432 g/mol. The van der Waals surface area contributed by atoms with Gasteiger partial charge in [-0.15, -0.1) is 5.10 Å². The van der Waals surface area contributed by atoms with Crippen LogP contribution in [0.15, 0.2) is 33.6 Å². The van der Waals surface area contributed by atoms with E-state index in [9.17, 15) is 26.4 Å². The largest absolute Gasteiger partial charge is 0.470 e. The minimum Gasteiger partial charge on any atom is -0.399 e. The van der Waals surface area contributed by atoms with Crippen molar-refractivity contribution in [2.24, 2.45) is 11.8 Å². The lowest BCUT2D eigenvalue weighted by atomic mass is 9.94. The first-order chi connectivity index (χ1) is 13.5. The van der Waals surface area contributed by atoms with Gasteiger partial charge < -0.3 is 4.42 Å². The molecule has 2 aromatic rings. The van der Waals surface area contributed by atoms with Crippen LogP contribution in [0.5, 0.6) is 0 Å². The molecule has 3 rings (SSSR count). The first-order valence-corrected chi connectivity index (χ1v) is 10.2. The van der Waals surface area contributed by atoms with Gasteiger partial charge in [-0.1, -0.05) is 18.9 Å². The minimum atomic E-state index is -4.82. The van der Waals surface area contributed by atoms with Gasteiger partial charge in [0.1, 0.15) is 0 Å². The molecule has 0 aliphatic carbocycles. The van der Waals surface area contributed by atoms with E-state index in [2.05, 4.69) is 14.6 Å². The Labute approximate surface area is 165 Å². The summed E-state index contributed by atoms with van der Waals surface area (Å²) in [6.45, 7) is 4.84. The Hall–Kier alpha value is -2.47. The van der Waals surface area contributed by atoms with Crippen LogP contribution in [0.25, 0.3) is 0 Å². The second-order valence-electron chi connectivity index (χ2n) is 7.16. The van der Waals surface area contributed by atoms with Crippen molar-refractivity contribution in [1.29, 1.82) is 0 Å². The fraction of sp³-hybridized carbons (Fsp3) is 0.471. The van der Waals surface area contributed by atoms with E-state index in [0.29, 0.717) is 13.1 Å². The number of benzene rings is 1. The maximum absolute atomic E-state index is 12.8. The molecule has 2 heterocycles. The molecule has 8 nitrogen and oxygen atoms in total. The number of halogens is 3. The van der Waals surface area contributed by atoms with Gasteiger partial charge in [-0.3, -0.25) is 10.1 Å². The number of carbonyl (C=O) groups excluding carboxylic acids is 1. The molecule has 1 aromatic heterocycles. The molecule has 29 heavy (non-hydrogen) atoms. The Morgan fingerprint density at radius 1 is 1.14 bits per heavy atom. The fourth-order valence-electron chi connectivity index (χ4n) is 3.29. The van der Waals surface area contributed by atoms with Gasteiger partial charge in [0.15, 0.2) is 0 Å². The first-order valence-electron chi connectivity index (χ1n) is 8.79. The van der Waals surface area contributed by atoms with E-state index in [1.54, 1.807) is 0 Å². The first kappa shape index (κ1) is 21.2. The molecule has 1 fully saturated rings. The molecule has 1 amide bonds. The number of nitrogens with one attached hydrogen (secondary N) is 1. The number of amides is 1. The molecular weight excluding hydrogens is 413 g/mol. The van der Waals surface area contributed by atoms with Crippen LogP contribution in [0.4, 0.5) is 19.2 Å². The van der Waals surface area contributed by atoms with Crippen molar-refractivity contribution in [1.82, 2.24) is 14.5 Å². The molecular formula is C17H19F3N4O4S. The number of carbonyl (C=O) groups is 1. The van der Waals surface area contributed by atoms with Gasteiger partial charge in [0, 0.05) is 18.7 Å². The third kappa shape index (κ3) is 4.75. The van der Waals surface area contributed by atoms with E-state index in [0.717, 1.165) is 6.42 Å². The number of alkyl halides is 3. The zero-order valence-electron chi connectivity index (χ0n) is 15.6. The van der Waals surface area contributed by atoms with Crippen LogP contribution in [0.1, 0.15) is 36.5 Å². The fourth-order valence-corrected chi connectivity index (χ4v) is 4.97. The van der Waals surface area contributed by atoms with E-state index in [1.165, 1.54) is 28.6 Å². The third-order valence-electron chi connectivity index (χ3n) is 4.48. The van der Waals surface area contributed by atoms with Crippen LogP contribution in [-0.2, 0) is 16.2 Å². The molecule has 12 heteroatoms. The Bertz CT molecular complexity index is 979. The number of aromatic nitrogens is 2. The Morgan fingerprint density at radius 3 is 2.24 bits per heavy atom. The standard InChI is InChI=1S/C17H19F3N4O4S/c1-10-7-11(2)9-24(8-10)29(26,27)13-5-3-12(4-6-13)14(25)21-16-23-22-15(28-16)17(18,19)20/h3-6,10-11H,7-9H2,1-2H3,(H,21,23,25). The lowest BCUT2D eigenvalue weighted by Crippen LogP contribution is -2.42. The van der Waals surface area contributed by atoms with Gasteiger partial charge >= 0.3 is 18.1 Å². The zero-order valence-corrected chi connectivity index (χ0v) is 16.4. The van der Waals surface area contributed by atoms with Crippen molar-refractivity contribution >= 4 is 21.9 Å². The van der Waals surface area contributed by atoms with Crippen molar-refractivity contribution in [3.8, 4) is 0 Å². The summed E-state index contributed by atoms with van der Waals surface area (Å²) in [6, 6.07) is 4.38. The number of anilines is 1. The number of sulfonamides is 1. The highest BCUT2D eigenvalue weighted by Crippen LogP contribution is 2.29. The van der Waals surface area contributed by atoms with E-state index in [4.69, 9.17) is 0 Å². The average Bonchev–Trinajstić information content (AvgIpc) is 3.10. The minimum absolute atomic E-state index is 0.0242. The Kier molecular flexibility index (Phi) is 5.68. The number of hydrogen-bond acceptors (Lipinski definition) is 6. The summed E-state index contributed by atoms with van der Waals surface area (Å²) in [5.41, 5.74) is 0.0242. The molecule has 1 aliphatic rings. The molecule has 1 aromatic carbocycles. The van der Waals surface area contributed by atoms with Gasteiger partial charge in [0.25, 0.3) is 5.91 Å². The number of nitrogens with zero attached hydrogens (tertiary/aromatic N) is 3. The van der Waals surface area contributed by atoms with E-state index >= 15 is 0 Å². The highest BCUT2D eigenvalue weighted by Gasteiger charge is 2.38. The SMILES string of the molecule is CC1CC(C)CN(S(=O)(=O)c2ccc(C(=O)Nc3nnc(C(F)(F)F)o3)cc2)C1. The predicted octanol–water partition coefficient (Wildman–Crippen LogP) is 3.01. The summed E-state index contributed by atoms with van der Waals surface area (Å²) in [5, 5.41) is 7.96. The second kappa shape index (κ2) is 7.75. The van der Waals surface area contributed by atoms with Crippen molar-refractivity contribution in [3.63, 3.8) is 0 Å². The second-order valence-corrected chi connectivity index (χ2v) is 9.09. The van der Waals surface area contributed by atoms with Crippen LogP contribution in [0.2, 0.25) is 0 Å². The van der Waals surface area contributed by atoms with Crippen LogP contribution in [0, 0.1) is 11.8 Å². The number of piperidine rings is 1. The predicted molar refractivity (Wildman–Crippen MR) is 95.4 cm³/mol. The van der Waals surface area contributed by atoms with Crippen molar-refractivity contribution in [3.05, 3.63) is 35.7 Å². The van der Waals surface area contributed by atoms with Crippen molar-refractivity contribution in [2.45, 2.75) is 31.3 Å². The zero-order chi connectivity index (χ0) is 21.4. The summed E-state index contributed by atoms with van der Waals surface area (Å²) in [5.74, 6) is -1.91. The summed E-state index contributed by atoms with van der Waals surface area (Å²) >= 11 is 0. The average molecular weight is 432 g/mol. The molecule has 0 spiro atoms. The van der Waals surface area contributed by atoms with Gasteiger partial charge in [-0.2, -0.15) is 17.5 Å². The molecule has 1 saturated heterocycles. The van der Waals surface area contributed by atoms with Gasteiger partial charge in [0.05, 0.1) is 4.90 Å². The Balaban J connectivity index is 1.72. The Morgan fingerprint density at radius 2 is 1.72 bits per heavy atom. The molecule has 0 bridgehead atoms. The number of rotatable bonds is 4. The van der Waals surface area contributed by atoms with Crippen LogP contribution < -0.4 is 5.32 Å². The maximum atomic E-state index is 12.8. The molecule has 1 aliphatic heterocycles. The lowest BCUT2D eigenvalue weighted by molar-refractivity contribution is -0.156. The van der Waals surface area contributed by atoms with Crippen LogP contribution in [0.3, 0.4) is 0 Å². The summed E-state index contributed by atoms with van der Waals surface area (Å²) in [4.78, 5) is 12.2. The normalized spacial score (nSPS) is 21.1. The highest BCUT2D eigenvalue weighted by molar-refractivity contribution is 7.89. The highest BCUT2D eigenvalue weighted by atomic mass is 32.2. The summed E-state index contributed by atoms with van der Waals surface area (Å²) < 4.78 is 68.8. The molecule has 158 valence electrons. The molecule has 1 N–H and O–H groups in total. The van der Waals surface area contributed by atoms with Crippen LogP contribution >= 0.6 is 0 Å². The summed E-state index contributed by atoms with van der Waals surface area (Å²) in [7, 11) is -3.71. The van der Waals surface area contributed by atoms with Crippen LogP contribution in [-0.4, -0.2) is 41.9 Å². The van der Waals surface area contributed by atoms with Gasteiger partial charge in [-0.05, 0) is 42.5 Å². The van der Waals surface area contributed by atoms with E-state index in [-0.39, 0.29) is 22.3 Å². The van der Waals surface area contributed by atoms with E-state index < -0.39 is 34.0 Å². The molecule has 0 saturated carbocycles. The van der Waals surface area contributed by atoms with Crippen molar-refractivity contribution in [2.75, 3.05) is 18.4 Å². The smallest absolute Gasteiger partial charge is 0.399 e. The van der Waals surface area contributed by atoms with Gasteiger partial charge in [0.2, 0.25) is 10.0 Å². The number of hydrogen-bond donors (Lipinski definition) is 1. The third-order valence-corrected chi connectivity index (χ3v) is 6.32. The maximum Gasteiger partial charge on any atom is 0.470 e. The molecule has 0 radical (unpaired) electrons. The topological polar surface area (TPSA) is 105 Å². The van der Waals surface area contributed by atoms with Crippen molar-refractivity contribution < 1.29 is 30.8 Å².